The fraction of sp³-hybridized carbons (Fsp3) is 0.174. The molecular formula is C23H22FN3O4S2. The van der Waals surface area contributed by atoms with Gasteiger partial charge in [0.05, 0.1) is 22.9 Å². The lowest BCUT2D eigenvalue weighted by Crippen LogP contribution is -2.27. The number of aryl methyl sites for hydroxylation is 1. The van der Waals surface area contributed by atoms with Gasteiger partial charge in [-0.2, -0.15) is 17.9 Å². The summed E-state index contributed by atoms with van der Waals surface area (Å²) < 4.78 is 66.5. The summed E-state index contributed by atoms with van der Waals surface area (Å²) in [6.07, 6.45) is 1.38. The van der Waals surface area contributed by atoms with E-state index >= 15 is 0 Å². The van der Waals surface area contributed by atoms with Crippen LogP contribution in [-0.4, -0.2) is 33.2 Å². The smallest absolute Gasteiger partial charge is 0.279 e. The highest BCUT2D eigenvalue weighted by Crippen LogP contribution is 2.37. The van der Waals surface area contributed by atoms with E-state index in [0.29, 0.717) is 23.4 Å². The van der Waals surface area contributed by atoms with E-state index in [0.717, 1.165) is 33.9 Å². The number of nitrogens with zero attached hydrogens (tertiary/aromatic N) is 2. The molecule has 1 atom stereocenters. The van der Waals surface area contributed by atoms with Crippen LogP contribution in [0.15, 0.2) is 82.8 Å². The molecule has 0 unspecified atom stereocenters. The third-order valence-electron chi connectivity index (χ3n) is 5.21. The molecule has 4 rings (SSSR count). The number of rotatable bonds is 6. The van der Waals surface area contributed by atoms with Crippen molar-refractivity contribution >= 4 is 31.4 Å². The fourth-order valence-electron chi connectivity index (χ4n) is 3.58. The van der Waals surface area contributed by atoms with Crippen LogP contribution in [0.5, 0.6) is 0 Å². The van der Waals surface area contributed by atoms with Crippen LogP contribution in [-0.2, 0) is 20.0 Å². The van der Waals surface area contributed by atoms with E-state index in [1.165, 1.54) is 12.1 Å². The molecule has 0 radical (unpaired) electrons. The third kappa shape index (κ3) is 5.07. The Bertz CT molecular complexity index is 1400. The second kappa shape index (κ2) is 8.60. The Morgan fingerprint density at radius 1 is 0.909 bits per heavy atom. The third-order valence-corrected chi connectivity index (χ3v) is 7.52. The van der Waals surface area contributed by atoms with Gasteiger partial charge >= 0.3 is 0 Å². The maximum Gasteiger partial charge on any atom is 0.279 e. The second-order valence-electron chi connectivity index (χ2n) is 7.86. The van der Waals surface area contributed by atoms with E-state index in [2.05, 4.69) is 9.82 Å². The first-order valence-electron chi connectivity index (χ1n) is 10.1. The largest absolute Gasteiger partial charge is 0.284 e. The highest BCUT2D eigenvalue weighted by Gasteiger charge is 2.37. The minimum Gasteiger partial charge on any atom is -0.284 e. The van der Waals surface area contributed by atoms with Gasteiger partial charge in [0.25, 0.3) is 10.0 Å². The van der Waals surface area contributed by atoms with Gasteiger partial charge < -0.3 is 0 Å². The fourth-order valence-corrected chi connectivity index (χ4v) is 5.58. The van der Waals surface area contributed by atoms with Crippen LogP contribution in [0.4, 0.5) is 10.1 Å². The van der Waals surface area contributed by atoms with E-state index in [1.54, 1.807) is 24.3 Å². The number of halogens is 1. The minimum absolute atomic E-state index is 0.0567. The monoisotopic (exact) mass is 487 g/mol. The molecule has 1 N–H and O–H groups in total. The normalized spacial score (nSPS) is 16.5. The van der Waals surface area contributed by atoms with Gasteiger partial charge in [-0.1, -0.05) is 42.0 Å². The van der Waals surface area contributed by atoms with E-state index in [4.69, 9.17) is 0 Å². The summed E-state index contributed by atoms with van der Waals surface area (Å²) in [7, 11) is -7.46. The molecule has 3 aromatic rings. The Balaban J connectivity index is 1.73. The van der Waals surface area contributed by atoms with Gasteiger partial charge in [-0.3, -0.25) is 4.72 Å². The maximum atomic E-state index is 13.4. The minimum atomic E-state index is -4.05. The van der Waals surface area contributed by atoms with Crippen LogP contribution in [0.3, 0.4) is 0 Å². The quantitative estimate of drug-likeness (QED) is 0.568. The molecule has 0 fully saturated rings. The van der Waals surface area contributed by atoms with Crippen LogP contribution < -0.4 is 4.72 Å². The van der Waals surface area contributed by atoms with Crippen molar-refractivity contribution < 1.29 is 21.2 Å². The van der Waals surface area contributed by atoms with Crippen molar-refractivity contribution in [2.45, 2.75) is 24.3 Å². The zero-order chi connectivity index (χ0) is 23.8. The summed E-state index contributed by atoms with van der Waals surface area (Å²) in [5, 5.41) is 4.44. The van der Waals surface area contributed by atoms with Crippen LogP contribution in [0.2, 0.25) is 0 Å². The van der Waals surface area contributed by atoms with Gasteiger partial charge in [0.2, 0.25) is 10.0 Å². The number of sulfonamides is 2. The van der Waals surface area contributed by atoms with E-state index < -0.39 is 31.9 Å². The Kier molecular flexibility index (Phi) is 5.98. The Morgan fingerprint density at radius 2 is 1.52 bits per heavy atom. The lowest BCUT2D eigenvalue weighted by molar-refractivity contribution is 0.371. The van der Waals surface area contributed by atoms with Crippen LogP contribution in [0.25, 0.3) is 0 Å². The molecule has 0 saturated heterocycles. The molecule has 1 aliphatic heterocycles. The zero-order valence-corrected chi connectivity index (χ0v) is 19.6. The highest BCUT2D eigenvalue weighted by atomic mass is 32.2. The van der Waals surface area contributed by atoms with Gasteiger partial charge in [-0.15, -0.1) is 0 Å². The summed E-state index contributed by atoms with van der Waals surface area (Å²) in [6, 6.07) is 18.2. The first kappa shape index (κ1) is 22.9. The first-order chi connectivity index (χ1) is 15.5. The van der Waals surface area contributed by atoms with Crippen molar-refractivity contribution in [2.24, 2.45) is 5.10 Å². The zero-order valence-electron chi connectivity index (χ0n) is 17.9. The molecule has 0 aliphatic carbocycles. The number of hydrogen-bond donors (Lipinski definition) is 1. The standard InChI is InChI=1S/C23H22FN3O4S2/c1-16-3-5-18(6-4-16)23-15-22(17-7-11-20(12-8-17)26-32(2,28)29)25-27(23)33(30,31)21-13-9-19(24)10-14-21/h3-14,23,26H,15H2,1-2H3/t23-/m1/s1. The summed E-state index contributed by atoms with van der Waals surface area (Å²) >= 11 is 0. The molecule has 0 aromatic heterocycles. The number of benzene rings is 3. The Hall–Kier alpha value is -3.24. The lowest BCUT2D eigenvalue weighted by Gasteiger charge is -2.23. The van der Waals surface area contributed by atoms with Gasteiger partial charge in [0.1, 0.15) is 5.82 Å². The first-order valence-corrected chi connectivity index (χ1v) is 13.4. The van der Waals surface area contributed by atoms with Crippen LogP contribution >= 0.6 is 0 Å². The van der Waals surface area contributed by atoms with Crippen molar-refractivity contribution in [3.8, 4) is 0 Å². The van der Waals surface area contributed by atoms with E-state index in [1.807, 2.05) is 31.2 Å². The van der Waals surface area contributed by atoms with Gasteiger partial charge in [0.15, 0.2) is 0 Å². The Morgan fingerprint density at radius 3 is 2.09 bits per heavy atom. The van der Waals surface area contributed by atoms with Gasteiger partial charge in [-0.05, 0) is 54.4 Å². The lowest BCUT2D eigenvalue weighted by atomic mass is 9.98. The van der Waals surface area contributed by atoms with Gasteiger partial charge in [-0.25, -0.2) is 12.8 Å². The van der Waals surface area contributed by atoms with Gasteiger partial charge in [0, 0.05) is 12.1 Å². The predicted octanol–water partition coefficient (Wildman–Crippen LogP) is 4.05. The summed E-state index contributed by atoms with van der Waals surface area (Å²) in [4.78, 5) is -0.0567. The second-order valence-corrected chi connectivity index (χ2v) is 11.4. The molecule has 33 heavy (non-hydrogen) atoms. The molecule has 0 spiro atoms. The molecule has 0 amide bonds. The maximum absolute atomic E-state index is 13.4. The van der Waals surface area contributed by atoms with Crippen molar-refractivity contribution in [2.75, 3.05) is 11.0 Å². The van der Waals surface area contributed by atoms with Crippen molar-refractivity contribution in [1.82, 2.24) is 4.41 Å². The number of anilines is 1. The summed E-state index contributed by atoms with van der Waals surface area (Å²) in [5.74, 6) is -0.530. The molecular weight excluding hydrogens is 465 g/mol. The topological polar surface area (TPSA) is 95.9 Å². The summed E-state index contributed by atoms with van der Waals surface area (Å²) in [6.45, 7) is 1.94. The molecule has 7 nitrogen and oxygen atoms in total. The molecule has 10 heteroatoms. The predicted molar refractivity (Wildman–Crippen MR) is 125 cm³/mol. The number of nitrogens with one attached hydrogen (secondary N) is 1. The van der Waals surface area contributed by atoms with Crippen molar-refractivity contribution in [3.63, 3.8) is 0 Å². The van der Waals surface area contributed by atoms with E-state index in [-0.39, 0.29) is 4.90 Å². The SMILES string of the molecule is Cc1ccc([C@H]2CC(c3ccc(NS(C)(=O)=O)cc3)=NN2S(=O)(=O)c2ccc(F)cc2)cc1. The Labute approximate surface area is 192 Å². The summed E-state index contributed by atoms with van der Waals surface area (Å²) in [5.41, 5.74) is 3.42. The molecule has 1 aliphatic rings. The molecule has 172 valence electrons. The average molecular weight is 488 g/mol. The van der Waals surface area contributed by atoms with E-state index in [9.17, 15) is 21.2 Å². The highest BCUT2D eigenvalue weighted by molar-refractivity contribution is 7.92. The molecule has 0 bridgehead atoms. The van der Waals surface area contributed by atoms with Crippen molar-refractivity contribution in [1.29, 1.82) is 0 Å². The molecule has 1 heterocycles. The van der Waals surface area contributed by atoms with Crippen molar-refractivity contribution in [3.05, 3.63) is 95.3 Å². The van der Waals surface area contributed by atoms with Crippen LogP contribution in [0, 0.1) is 12.7 Å². The molecule has 0 saturated carbocycles. The van der Waals surface area contributed by atoms with Crippen LogP contribution in [0.1, 0.15) is 29.2 Å². The number of hydrazone groups is 1. The molecule has 3 aromatic carbocycles. The average Bonchev–Trinajstić information content (AvgIpc) is 3.20. The number of hydrogen-bond acceptors (Lipinski definition) is 5.